The van der Waals surface area contributed by atoms with Crippen molar-refractivity contribution in [1.29, 1.82) is 0 Å². The Labute approximate surface area is 160 Å². The van der Waals surface area contributed by atoms with Gasteiger partial charge < -0.3 is 0 Å². The molecule has 0 aliphatic heterocycles. The fraction of sp³-hybridized carbons (Fsp3) is 0. The normalized spacial score (nSPS) is 11.6. The van der Waals surface area contributed by atoms with E-state index >= 15 is 0 Å². The number of fused-ring (bicyclic) bond motifs is 5. The molecule has 28 heavy (non-hydrogen) atoms. The van der Waals surface area contributed by atoms with Gasteiger partial charge in [0.25, 0.3) is 0 Å². The van der Waals surface area contributed by atoms with Crippen LogP contribution in [0.4, 0.5) is 0 Å². The Bertz CT molecular complexity index is 1440. The van der Waals surface area contributed by atoms with Crippen LogP contribution in [0.25, 0.3) is 44.7 Å². The van der Waals surface area contributed by atoms with Crippen LogP contribution in [-0.2, 0) is 0 Å². The lowest BCUT2D eigenvalue weighted by atomic mass is 10.2. The van der Waals surface area contributed by atoms with Gasteiger partial charge in [-0.05, 0) is 42.5 Å². The molecule has 1 aromatic carbocycles. The first-order valence-corrected chi connectivity index (χ1v) is 9.13. The van der Waals surface area contributed by atoms with Gasteiger partial charge in [0.05, 0.1) is 23.1 Å². The average molecular weight is 361 g/mol. The molecule has 0 N–H and O–H groups in total. The maximum Gasteiger partial charge on any atom is 0.150 e. The Balaban J connectivity index is 1.64. The van der Waals surface area contributed by atoms with Crippen molar-refractivity contribution in [3.63, 3.8) is 0 Å². The van der Waals surface area contributed by atoms with Gasteiger partial charge in [-0.15, -0.1) is 0 Å². The summed E-state index contributed by atoms with van der Waals surface area (Å²) in [5.41, 5.74) is 7.10. The third kappa shape index (κ3) is 2.10. The molecule has 0 aliphatic carbocycles. The fourth-order valence-corrected chi connectivity index (χ4v) is 3.83. The molecule has 0 amide bonds. The van der Waals surface area contributed by atoms with E-state index in [1.165, 1.54) is 0 Å². The second-order valence-corrected chi connectivity index (χ2v) is 6.70. The van der Waals surface area contributed by atoms with Gasteiger partial charge in [-0.2, -0.15) is 0 Å². The standard InChI is InChI=1S/C23H15N5/c1-2-6-20-18(5-1)22-23(27-14-4-3-7-21(27)26-22)28(20)17-8-9-19(25-15-17)16-10-12-24-13-11-16/h1-15H. The highest BCUT2D eigenvalue weighted by atomic mass is 15.1. The minimum absolute atomic E-state index is 0.928. The summed E-state index contributed by atoms with van der Waals surface area (Å²) in [7, 11) is 0. The summed E-state index contributed by atoms with van der Waals surface area (Å²) in [6.07, 6.45) is 7.54. The van der Waals surface area contributed by atoms with E-state index in [0.29, 0.717) is 0 Å². The number of benzene rings is 1. The summed E-state index contributed by atoms with van der Waals surface area (Å²) in [5.74, 6) is 0. The molecule has 6 aromatic rings. The van der Waals surface area contributed by atoms with E-state index in [4.69, 9.17) is 9.97 Å². The Kier molecular flexibility index (Phi) is 3.10. The molecule has 6 rings (SSSR count). The number of imidazole rings is 1. The van der Waals surface area contributed by atoms with Crippen molar-refractivity contribution >= 4 is 27.7 Å². The lowest BCUT2D eigenvalue weighted by Crippen LogP contribution is -1.98. The first kappa shape index (κ1) is 15.1. The van der Waals surface area contributed by atoms with E-state index in [-0.39, 0.29) is 0 Å². The predicted molar refractivity (Wildman–Crippen MR) is 111 cm³/mol. The Morgan fingerprint density at radius 1 is 0.786 bits per heavy atom. The van der Waals surface area contributed by atoms with E-state index in [2.05, 4.69) is 56.5 Å². The van der Waals surface area contributed by atoms with Crippen molar-refractivity contribution in [3.05, 3.63) is 91.5 Å². The minimum Gasteiger partial charge on any atom is -0.292 e. The van der Waals surface area contributed by atoms with Crippen LogP contribution < -0.4 is 0 Å². The molecular formula is C23H15N5. The zero-order chi connectivity index (χ0) is 18.5. The lowest BCUT2D eigenvalue weighted by Gasteiger charge is -2.09. The number of rotatable bonds is 2. The summed E-state index contributed by atoms with van der Waals surface area (Å²) in [5, 5.41) is 1.14. The van der Waals surface area contributed by atoms with Gasteiger partial charge in [0.15, 0.2) is 5.65 Å². The lowest BCUT2D eigenvalue weighted by molar-refractivity contribution is 1.08. The second kappa shape index (κ2) is 5.76. The maximum atomic E-state index is 4.87. The van der Waals surface area contributed by atoms with Gasteiger partial charge in [-0.25, -0.2) is 4.98 Å². The Morgan fingerprint density at radius 3 is 2.50 bits per heavy atom. The monoisotopic (exact) mass is 361 g/mol. The Morgan fingerprint density at radius 2 is 1.64 bits per heavy atom. The van der Waals surface area contributed by atoms with Crippen molar-refractivity contribution in [2.24, 2.45) is 0 Å². The van der Waals surface area contributed by atoms with Gasteiger partial charge >= 0.3 is 0 Å². The highest BCUT2D eigenvalue weighted by Gasteiger charge is 2.17. The van der Waals surface area contributed by atoms with E-state index < -0.39 is 0 Å². The van der Waals surface area contributed by atoms with Crippen LogP contribution in [0.15, 0.2) is 91.5 Å². The molecule has 132 valence electrons. The summed E-state index contributed by atoms with van der Waals surface area (Å²) >= 11 is 0. The predicted octanol–water partition coefficient (Wildman–Crippen LogP) is 4.89. The molecule has 0 spiro atoms. The van der Waals surface area contributed by atoms with E-state index in [1.54, 1.807) is 12.4 Å². The van der Waals surface area contributed by atoms with Gasteiger partial charge in [-0.1, -0.05) is 24.3 Å². The van der Waals surface area contributed by atoms with Crippen LogP contribution in [-0.4, -0.2) is 23.9 Å². The topological polar surface area (TPSA) is 48.0 Å². The summed E-state index contributed by atoms with van der Waals surface area (Å²) in [6, 6.07) is 22.5. The van der Waals surface area contributed by atoms with Crippen molar-refractivity contribution < 1.29 is 0 Å². The summed E-state index contributed by atoms with van der Waals surface area (Å²) < 4.78 is 4.36. The van der Waals surface area contributed by atoms with E-state index in [9.17, 15) is 0 Å². The molecule has 0 saturated heterocycles. The quantitative estimate of drug-likeness (QED) is 0.441. The molecule has 0 bridgehead atoms. The summed E-state index contributed by atoms with van der Waals surface area (Å²) in [6.45, 7) is 0. The molecular weight excluding hydrogens is 346 g/mol. The number of para-hydroxylation sites is 1. The molecule has 0 unspecified atom stereocenters. The van der Waals surface area contributed by atoms with Crippen molar-refractivity contribution in [2.45, 2.75) is 0 Å². The van der Waals surface area contributed by atoms with Crippen LogP contribution in [0.5, 0.6) is 0 Å². The van der Waals surface area contributed by atoms with Crippen LogP contribution in [0, 0.1) is 0 Å². The summed E-state index contributed by atoms with van der Waals surface area (Å²) in [4.78, 5) is 13.7. The van der Waals surface area contributed by atoms with E-state index in [0.717, 1.165) is 44.7 Å². The molecule has 0 fully saturated rings. The molecule has 0 aliphatic rings. The third-order valence-electron chi connectivity index (χ3n) is 5.10. The van der Waals surface area contributed by atoms with E-state index in [1.807, 2.05) is 36.5 Å². The van der Waals surface area contributed by atoms with Gasteiger partial charge in [0.2, 0.25) is 0 Å². The van der Waals surface area contributed by atoms with Crippen LogP contribution in [0.1, 0.15) is 0 Å². The number of hydrogen-bond donors (Lipinski definition) is 0. The van der Waals surface area contributed by atoms with Crippen LogP contribution >= 0.6 is 0 Å². The molecule has 5 aromatic heterocycles. The number of pyridine rings is 3. The van der Waals surface area contributed by atoms with Gasteiger partial charge in [-0.3, -0.25) is 18.9 Å². The minimum atomic E-state index is 0.928. The second-order valence-electron chi connectivity index (χ2n) is 6.70. The first-order valence-electron chi connectivity index (χ1n) is 9.13. The largest absolute Gasteiger partial charge is 0.292 e. The Hall–Kier alpha value is -3.99. The first-order chi connectivity index (χ1) is 13.9. The molecule has 5 heteroatoms. The van der Waals surface area contributed by atoms with Gasteiger partial charge in [0, 0.05) is 29.5 Å². The average Bonchev–Trinajstić information content (AvgIpc) is 3.29. The van der Waals surface area contributed by atoms with Crippen LogP contribution in [0.2, 0.25) is 0 Å². The number of nitrogens with zero attached hydrogens (tertiary/aromatic N) is 5. The highest BCUT2D eigenvalue weighted by Crippen LogP contribution is 2.32. The number of hydrogen-bond acceptors (Lipinski definition) is 3. The fourth-order valence-electron chi connectivity index (χ4n) is 3.83. The van der Waals surface area contributed by atoms with Crippen molar-refractivity contribution in [1.82, 2.24) is 23.9 Å². The van der Waals surface area contributed by atoms with Crippen molar-refractivity contribution in [3.8, 4) is 16.9 Å². The SMILES string of the molecule is c1ccc2c(c1)c1nc3ccccn3c1n2-c1ccc(-c2ccncc2)nc1. The van der Waals surface area contributed by atoms with Crippen molar-refractivity contribution in [2.75, 3.05) is 0 Å². The molecule has 5 heterocycles. The van der Waals surface area contributed by atoms with Gasteiger partial charge in [0.1, 0.15) is 11.2 Å². The molecule has 0 atom stereocenters. The molecule has 0 radical (unpaired) electrons. The maximum absolute atomic E-state index is 4.87. The zero-order valence-corrected chi connectivity index (χ0v) is 14.9. The van der Waals surface area contributed by atoms with Crippen LogP contribution in [0.3, 0.4) is 0 Å². The third-order valence-corrected chi connectivity index (χ3v) is 5.10. The number of aromatic nitrogens is 5. The molecule has 5 nitrogen and oxygen atoms in total. The smallest absolute Gasteiger partial charge is 0.150 e. The zero-order valence-electron chi connectivity index (χ0n) is 14.9. The molecule has 0 saturated carbocycles. The highest BCUT2D eigenvalue weighted by molar-refractivity contribution is 6.07.